The van der Waals surface area contributed by atoms with E-state index < -0.39 is 63.5 Å². The van der Waals surface area contributed by atoms with E-state index in [1.54, 1.807) is 166 Å². The fraction of sp³-hybridized carbons (Fsp3) is 0.133. The molecular weight excluding hydrogens is 1830 g/mol. The Labute approximate surface area is 777 Å². The highest BCUT2D eigenvalue weighted by molar-refractivity contribution is 7.86. The molecule has 0 aliphatic carbocycles. The fourth-order valence-corrected chi connectivity index (χ4v) is 15.1. The van der Waals surface area contributed by atoms with E-state index >= 15 is 0 Å². The normalized spacial score (nSPS) is 12.3. The molecule has 0 unspecified atom stereocenters. The van der Waals surface area contributed by atoms with E-state index in [9.17, 15) is 62.1 Å². The summed E-state index contributed by atoms with van der Waals surface area (Å²) in [4.78, 5) is 27.3. The van der Waals surface area contributed by atoms with Crippen LogP contribution in [0.2, 0.25) is 0 Å². The van der Waals surface area contributed by atoms with Crippen LogP contribution >= 0.6 is 0 Å². The first-order chi connectivity index (χ1) is 65.2. The number of benzene rings is 12. The van der Waals surface area contributed by atoms with Gasteiger partial charge in [-0.25, -0.2) is 4.98 Å². The lowest BCUT2D eigenvalue weighted by Crippen LogP contribution is -2.19. The van der Waals surface area contributed by atoms with E-state index in [0.29, 0.717) is 119 Å². The lowest BCUT2D eigenvalue weighted by molar-refractivity contribution is 0.280. The molecule has 0 saturated carbocycles. The lowest BCUT2D eigenvalue weighted by Gasteiger charge is -2.16. The number of aliphatic hydroxyl groups excluding tert-OH is 2. The summed E-state index contributed by atoms with van der Waals surface area (Å²) in [6.45, 7) is 6.31. The minimum Gasteiger partial charge on any atom is -0.496 e. The lowest BCUT2D eigenvalue weighted by atomic mass is 10.00. The van der Waals surface area contributed by atoms with Gasteiger partial charge in [-0.1, -0.05) is 42.5 Å². The van der Waals surface area contributed by atoms with Gasteiger partial charge in [-0.05, 0) is 249 Å². The van der Waals surface area contributed by atoms with Gasteiger partial charge in [-0.15, -0.1) is 10.2 Å². The Morgan fingerprint density at radius 3 is 0.993 bits per heavy atom. The number of ether oxygens (including phenoxy) is 2. The van der Waals surface area contributed by atoms with E-state index in [-0.39, 0.29) is 111 Å². The molecule has 0 spiro atoms. The smallest absolute Gasteiger partial charge is 0.296 e. The maximum atomic E-state index is 12.8. The van der Waals surface area contributed by atoms with Crippen molar-refractivity contribution in [2.24, 2.45) is 81.8 Å². The van der Waals surface area contributed by atoms with Crippen LogP contribution in [0.25, 0.3) is 0 Å². The summed E-state index contributed by atoms with van der Waals surface area (Å²) in [6, 6.07) is 62.4. The van der Waals surface area contributed by atoms with E-state index in [1.165, 1.54) is 93.1 Å². The third-order valence-electron chi connectivity index (χ3n) is 19.8. The van der Waals surface area contributed by atoms with Crippen molar-refractivity contribution in [3.8, 4) is 11.5 Å². The monoisotopic (exact) mass is 1910 g/mol. The molecule has 2 aromatic heterocycles. The van der Waals surface area contributed by atoms with Crippen LogP contribution in [0.3, 0.4) is 0 Å². The second-order valence-electron chi connectivity index (χ2n) is 29.6. The minimum absolute atomic E-state index is 0.0137. The predicted octanol–water partition coefficient (Wildman–Crippen LogP) is 22.8. The average Bonchev–Trinajstić information content (AvgIpc) is 0.812. The maximum Gasteiger partial charge on any atom is 0.296 e. The van der Waals surface area contributed by atoms with Gasteiger partial charge in [0.2, 0.25) is 23.8 Å². The molecule has 0 bridgehead atoms. The summed E-state index contributed by atoms with van der Waals surface area (Å²) in [6.07, 6.45) is 0.0884. The first-order valence-corrected chi connectivity index (χ1v) is 46.4. The third kappa shape index (κ3) is 26.0. The summed E-state index contributed by atoms with van der Waals surface area (Å²) in [5, 5.41) is 103. The minimum atomic E-state index is -4.87. The van der Waals surface area contributed by atoms with Crippen molar-refractivity contribution in [1.29, 1.82) is 0 Å². The van der Waals surface area contributed by atoms with Gasteiger partial charge in [0.25, 0.3) is 40.5 Å². The summed E-state index contributed by atoms with van der Waals surface area (Å²) in [5.74, 6) is 1.08. The number of hydrogen-bond acceptors (Lipinski definition) is 38. The molecule has 0 amide bonds. The zero-order valence-corrected chi connectivity index (χ0v) is 75.8. The predicted molar refractivity (Wildman–Crippen MR) is 503 cm³/mol. The Morgan fingerprint density at radius 2 is 0.588 bits per heavy atom. The van der Waals surface area contributed by atoms with Crippen LogP contribution in [0, 0.1) is 27.7 Å². The first-order valence-electron chi connectivity index (χ1n) is 40.6. The van der Waals surface area contributed by atoms with Crippen LogP contribution < -0.4 is 30.7 Å². The molecule has 0 saturated heterocycles. The molecular formula is C90H80N26O16S4. The molecule has 690 valence electrons. The van der Waals surface area contributed by atoms with Gasteiger partial charge in [0.15, 0.2) is 0 Å². The molecule has 46 heteroatoms. The summed E-state index contributed by atoms with van der Waals surface area (Å²) in [7, 11) is -15.7. The number of aromatic nitrogens is 6. The number of nitrogens with one attached hydrogen (secondary N) is 4. The molecule has 0 fully saturated rings. The number of rotatable bonds is 37. The van der Waals surface area contributed by atoms with Gasteiger partial charge in [0, 0.05) is 54.9 Å². The molecule has 42 nitrogen and oxygen atoms in total. The zero-order valence-electron chi connectivity index (χ0n) is 72.6. The number of methoxy groups -OCH3 is 2. The van der Waals surface area contributed by atoms with Gasteiger partial charge in [0.05, 0.1) is 123 Å². The van der Waals surface area contributed by atoms with Crippen molar-refractivity contribution < 1.29 is 71.6 Å². The first kappa shape index (κ1) is 95.9. The van der Waals surface area contributed by atoms with E-state index in [2.05, 4.69) is 103 Å². The Bertz CT molecular complexity index is 7120. The number of azo groups is 8. The van der Waals surface area contributed by atoms with Crippen molar-refractivity contribution >= 4 is 167 Å². The highest BCUT2D eigenvalue weighted by Crippen LogP contribution is 2.41. The molecule has 0 atom stereocenters. The topological polar surface area (TPSA) is 600 Å². The van der Waals surface area contributed by atoms with Crippen LogP contribution in [0.15, 0.2) is 344 Å². The van der Waals surface area contributed by atoms with E-state index in [4.69, 9.17) is 39.4 Å². The molecule has 10 N–H and O–H groups in total. The zero-order chi connectivity index (χ0) is 96.3. The van der Waals surface area contributed by atoms with Crippen LogP contribution in [0.1, 0.15) is 56.2 Å². The van der Waals surface area contributed by atoms with Crippen molar-refractivity contribution in [1.82, 2.24) is 29.9 Å². The quantitative estimate of drug-likeness (QED) is 0.00982. The van der Waals surface area contributed by atoms with Crippen molar-refractivity contribution in [2.45, 2.75) is 73.3 Å². The number of anilines is 6. The van der Waals surface area contributed by atoms with Crippen LogP contribution in [0.5, 0.6) is 11.5 Å². The van der Waals surface area contributed by atoms with Gasteiger partial charge in [0.1, 0.15) is 44.3 Å². The van der Waals surface area contributed by atoms with Crippen molar-refractivity contribution in [3.63, 3.8) is 0 Å². The van der Waals surface area contributed by atoms with Gasteiger partial charge >= 0.3 is 0 Å². The van der Waals surface area contributed by atoms with Gasteiger partial charge < -0.3 is 41.0 Å². The Kier molecular flexibility index (Phi) is 30.3. The molecule has 12 aromatic carbocycles. The fourth-order valence-electron chi connectivity index (χ4n) is 12.9. The number of nitrogens with zero attached hydrogens (tertiary/aromatic N) is 22. The molecule has 14 aromatic rings. The Balaban J connectivity index is 0.749. The highest BCUT2D eigenvalue weighted by Gasteiger charge is 2.24. The maximum absolute atomic E-state index is 12.8. The number of aliphatic hydroxyl groups is 2. The standard InChI is InChI=1S/C90H80N26O16S4/c1-53-39-57(59(51-117)43-75(53)113-107-65-21-17-63(18-22-65)103-105-67-25-31-71(32-26-67)133(119,120)121)45-85-95-86(46-58-40-54(2)77(49-81(58)131-5)115-111-73-35-29-69(47-83(73)135(125,126)127)109-101-61-13-9-7-10-14-61)97-87(96-85)91-37-38-92-88-98-89(93-79-41-55(3)76(44-60(79)52-118)114-108-66-23-19-64(20-24-66)104-106-68-27-33-72(34-28-68)134(122,123)124)100-90(99-88)94-80-42-56(4)78(50-82(80)132-6)116-112-74-36-30-70(48-84(74)136(128,129)130)110-102-62-15-11-8-12-16-62/h7-36,39-44,47-50,117-118H,37-38,45-46,51-52H2,1-6H3,(H,119,120,121)(H,122,123,124)(H,125,126,127)(H,128,129,130)(H,91,95,96,97)(H3,92,93,94,98,99,100). The molecule has 0 aliphatic heterocycles. The van der Waals surface area contributed by atoms with Crippen molar-refractivity contribution in [2.75, 3.05) is 48.6 Å². The molecule has 2 heterocycles. The molecule has 0 aliphatic rings. The summed E-state index contributed by atoms with van der Waals surface area (Å²) in [5.41, 5.74) is 9.74. The molecule has 14 rings (SSSR count). The second-order valence-corrected chi connectivity index (χ2v) is 35.2. The third-order valence-corrected chi connectivity index (χ3v) is 23.3. The summed E-state index contributed by atoms with van der Waals surface area (Å²) < 4.78 is 148. The molecule has 136 heavy (non-hydrogen) atoms. The van der Waals surface area contributed by atoms with Crippen LogP contribution in [-0.4, -0.2) is 119 Å². The van der Waals surface area contributed by atoms with Gasteiger partial charge in [-0.3, -0.25) is 18.2 Å². The Morgan fingerprint density at radius 1 is 0.279 bits per heavy atom. The number of aryl methyl sites for hydroxylation is 4. The molecule has 0 radical (unpaired) electrons. The van der Waals surface area contributed by atoms with E-state index in [1.807, 2.05) is 13.0 Å². The van der Waals surface area contributed by atoms with Gasteiger partial charge in [-0.2, -0.15) is 130 Å². The van der Waals surface area contributed by atoms with E-state index in [0.717, 1.165) is 12.1 Å². The number of hydrogen-bond donors (Lipinski definition) is 10. The largest absolute Gasteiger partial charge is 0.496 e. The van der Waals surface area contributed by atoms with Crippen LogP contribution in [-0.2, 0) is 66.5 Å². The highest BCUT2D eigenvalue weighted by atomic mass is 32.2. The SMILES string of the molecule is COc1cc(N=Nc2ccc(N=Nc3ccccc3)cc2S(=O)(=O)O)c(C)cc1Cc1nc(Cc2cc(C)c(N=Nc3ccc(N=Nc4ccc(S(=O)(=O)O)cc4)cc3)cc2CO)nc(NCCNc2nc(Nc3cc(C)c(N=Nc4ccc(N=Nc5ccc(S(=O)(=O)O)cc5)cc4)cc3CO)nc(Nc3cc(C)c(N=Nc4ccc(N=Nc5ccccc5)cc4S(=O)(=O)O)cc3OC)n2)n1. The summed E-state index contributed by atoms with van der Waals surface area (Å²) >= 11 is 0. The van der Waals surface area contributed by atoms with Crippen molar-refractivity contribution in [3.05, 3.63) is 299 Å². The average molecular weight is 1910 g/mol. The van der Waals surface area contributed by atoms with Crippen LogP contribution in [0.4, 0.5) is 126 Å². The Hall–Kier alpha value is -16.2. The second kappa shape index (κ2) is 43.0.